The lowest BCUT2D eigenvalue weighted by molar-refractivity contribution is -0.152. The fraction of sp³-hybridized carbons (Fsp3) is 0.0667. The lowest BCUT2D eigenvalue weighted by atomic mass is 9.96. The summed E-state index contributed by atoms with van der Waals surface area (Å²) in [6.07, 6.45) is -2.26. The number of esters is 1. The van der Waals surface area contributed by atoms with Crippen LogP contribution in [-0.2, 0) is 11.0 Å². The number of carbonyl (C=O) groups excluding carboxylic acids is 1. The van der Waals surface area contributed by atoms with Gasteiger partial charge in [-0.15, -0.1) is 0 Å². The van der Waals surface area contributed by atoms with Gasteiger partial charge >= 0.3 is 12.1 Å². The lowest BCUT2D eigenvalue weighted by Gasteiger charge is -2.14. The number of methoxy groups -OCH3 is 1. The molecule has 8 heteroatoms. The van der Waals surface area contributed by atoms with Crippen molar-refractivity contribution >= 4 is 33.8 Å². The van der Waals surface area contributed by atoms with Gasteiger partial charge in [-0.25, -0.2) is 4.79 Å². The highest BCUT2D eigenvalue weighted by molar-refractivity contribution is 5.99. The molecule has 0 aliphatic heterocycles. The van der Waals surface area contributed by atoms with Crippen LogP contribution in [0.25, 0.3) is 38.9 Å². The quantitative estimate of drug-likeness (QED) is 0.140. The SMILES string of the molecule is COc1ccc(C=CC(=O)Oc2ccc3c(=O)c(-c4cccc5ccccc45)c(C(F)(F)F)oc3c2)cc1. The molecule has 0 aliphatic rings. The molecule has 0 bridgehead atoms. The summed E-state index contributed by atoms with van der Waals surface area (Å²) in [4.78, 5) is 25.7. The molecule has 0 amide bonds. The predicted octanol–water partition coefficient (Wildman–Crippen LogP) is 7.26. The minimum absolute atomic E-state index is 0.0731. The van der Waals surface area contributed by atoms with Crippen molar-refractivity contribution in [1.29, 1.82) is 0 Å². The van der Waals surface area contributed by atoms with Crippen LogP contribution >= 0.6 is 0 Å². The van der Waals surface area contributed by atoms with Gasteiger partial charge in [-0.1, -0.05) is 54.6 Å². The first-order chi connectivity index (χ1) is 18.2. The normalized spacial score (nSPS) is 11.8. The fourth-order valence-corrected chi connectivity index (χ4v) is 4.15. The van der Waals surface area contributed by atoms with Crippen LogP contribution < -0.4 is 14.9 Å². The van der Waals surface area contributed by atoms with E-state index in [0.717, 1.165) is 6.07 Å². The molecular formula is C30H19F3O5. The van der Waals surface area contributed by atoms with E-state index in [1.54, 1.807) is 60.7 Å². The summed E-state index contributed by atoms with van der Waals surface area (Å²) in [5, 5.41) is 1.10. The Morgan fingerprint density at radius 3 is 2.32 bits per heavy atom. The number of hydrogen-bond acceptors (Lipinski definition) is 5. The maximum Gasteiger partial charge on any atom is 0.450 e. The summed E-state index contributed by atoms with van der Waals surface area (Å²) in [5.74, 6) is -1.60. The van der Waals surface area contributed by atoms with Crippen molar-refractivity contribution in [3.8, 4) is 22.6 Å². The monoisotopic (exact) mass is 516 g/mol. The third-order valence-corrected chi connectivity index (χ3v) is 5.93. The van der Waals surface area contributed by atoms with Gasteiger partial charge in [0.1, 0.15) is 17.1 Å². The van der Waals surface area contributed by atoms with Gasteiger partial charge < -0.3 is 13.9 Å². The van der Waals surface area contributed by atoms with Crippen LogP contribution in [0.4, 0.5) is 13.2 Å². The molecule has 38 heavy (non-hydrogen) atoms. The second kappa shape index (κ2) is 9.89. The number of rotatable bonds is 5. The van der Waals surface area contributed by atoms with E-state index in [1.807, 2.05) is 0 Å². The minimum atomic E-state index is -4.95. The summed E-state index contributed by atoms with van der Waals surface area (Å²) in [6, 6.07) is 22.3. The molecule has 0 aliphatic carbocycles. The molecule has 5 aromatic rings. The molecule has 0 N–H and O–H groups in total. The molecule has 4 aromatic carbocycles. The first-order valence-electron chi connectivity index (χ1n) is 11.4. The molecule has 1 aromatic heterocycles. The van der Waals surface area contributed by atoms with Crippen LogP contribution in [0, 0.1) is 0 Å². The van der Waals surface area contributed by atoms with E-state index >= 15 is 0 Å². The first-order valence-corrected chi connectivity index (χ1v) is 11.4. The molecule has 190 valence electrons. The highest BCUT2D eigenvalue weighted by Gasteiger charge is 2.39. The molecule has 5 nitrogen and oxygen atoms in total. The van der Waals surface area contributed by atoms with E-state index in [-0.39, 0.29) is 22.3 Å². The van der Waals surface area contributed by atoms with E-state index in [2.05, 4.69) is 0 Å². The molecule has 0 saturated carbocycles. The molecular weight excluding hydrogens is 497 g/mol. The number of benzene rings is 4. The predicted molar refractivity (Wildman–Crippen MR) is 138 cm³/mol. The smallest absolute Gasteiger partial charge is 0.450 e. The van der Waals surface area contributed by atoms with Crippen molar-refractivity contribution in [3.63, 3.8) is 0 Å². The molecule has 0 atom stereocenters. The number of halogens is 3. The zero-order valence-electron chi connectivity index (χ0n) is 19.9. The van der Waals surface area contributed by atoms with Crippen molar-refractivity contribution in [2.75, 3.05) is 7.11 Å². The number of ether oxygens (including phenoxy) is 2. The Morgan fingerprint density at radius 1 is 0.868 bits per heavy atom. The summed E-state index contributed by atoms with van der Waals surface area (Å²) >= 11 is 0. The third kappa shape index (κ3) is 4.88. The fourth-order valence-electron chi connectivity index (χ4n) is 4.15. The van der Waals surface area contributed by atoms with Crippen LogP contribution in [0.3, 0.4) is 0 Å². The molecule has 0 unspecified atom stereocenters. The van der Waals surface area contributed by atoms with E-state index in [1.165, 1.54) is 37.5 Å². The number of alkyl halides is 3. The zero-order valence-corrected chi connectivity index (χ0v) is 19.9. The Morgan fingerprint density at radius 2 is 1.58 bits per heavy atom. The van der Waals surface area contributed by atoms with E-state index < -0.39 is 28.9 Å². The van der Waals surface area contributed by atoms with Crippen LogP contribution in [0.15, 0.2) is 100 Å². The Labute approximate surface area is 214 Å². The highest BCUT2D eigenvalue weighted by atomic mass is 19.4. The van der Waals surface area contributed by atoms with Crippen LogP contribution in [0.1, 0.15) is 11.3 Å². The van der Waals surface area contributed by atoms with Gasteiger partial charge in [0.25, 0.3) is 0 Å². The van der Waals surface area contributed by atoms with Crippen molar-refractivity contribution in [2.24, 2.45) is 0 Å². The molecule has 0 saturated heterocycles. The summed E-state index contributed by atoms with van der Waals surface area (Å²) in [7, 11) is 1.54. The number of hydrogen-bond donors (Lipinski definition) is 0. The van der Waals surface area contributed by atoms with E-state index in [9.17, 15) is 22.8 Å². The summed E-state index contributed by atoms with van der Waals surface area (Å²) < 4.78 is 58.0. The second-order valence-corrected chi connectivity index (χ2v) is 8.35. The van der Waals surface area contributed by atoms with Crippen molar-refractivity contribution in [3.05, 3.63) is 113 Å². The molecule has 0 radical (unpaired) electrons. The zero-order chi connectivity index (χ0) is 26.9. The van der Waals surface area contributed by atoms with E-state index in [4.69, 9.17) is 13.9 Å². The van der Waals surface area contributed by atoms with Gasteiger partial charge in [0.05, 0.1) is 18.1 Å². The van der Waals surface area contributed by atoms with Crippen molar-refractivity contribution < 1.29 is 31.9 Å². The summed E-state index contributed by atoms with van der Waals surface area (Å²) in [6.45, 7) is 0. The Balaban J connectivity index is 1.53. The molecule has 1 heterocycles. The Hall–Kier alpha value is -4.85. The molecule has 0 spiro atoms. The topological polar surface area (TPSA) is 65.7 Å². The average Bonchev–Trinajstić information content (AvgIpc) is 2.91. The maximum absolute atomic E-state index is 14.1. The average molecular weight is 516 g/mol. The molecule has 0 fully saturated rings. The van der Waals surface area contributed by atoms with Gasteiger partial charge in [-0.2, -0.15) is 13.2 Å². The lowest BCUT2D eigenvalue weighted by Crippen LogP contribution is -2.16. The van der Waals surface area contributed by atoms with E-state index in [0.29, 0.717) is 22.1 Å². The second-order valence-electron chi connectivity index (χ2n) is 8.35. The van der Waals surface area contributed by atoms with Gasteiger partial charge in [-0.3, -0.25) is 4.79 Å². The highest BCUT2D eigenvalue weighted by Crippen LogP contribution is 2.39. The van der Waals surface area contributed by atoms with Gasteiger partial charge in [0.2, 0.25) is 11.2 Å². The minimum Gasteiger partial charge on any atom is -0.497 e. The van der Waals surface area contributed by atoms with Crippen LogP contribution in [-0.4, -0.2) is 13.1 Å². The van der Waals surface area contributed by atoms with Crippen LogP contribution in [0.2, 0.25) is 0 Å². The largest absolute Gasteiger partial charge is 0.497 e. The maximum atomic E-state index is 14.1. The number of carbonyl (C=O) groups is 1. The number of fused-ring (bicyclic) bond motifs is 2. The van der Waals surface area contributed by atoms with Gasteiger partial charge in [0, 0.05) is 12.1 Å². The van der Waals surface area contributed by atoms with Crippen LogP contribution in [0.5, 0.6) is 11.5 Å². The third-order valence-electron chi connectivity index (χ3n) is 5.93. The van der Waals surface area contributed by atoms with Crippen molar-refractivity contribution in [2.45, 2.75) is 6.18 Å². The molecule has 5 rings (SSSR count). The van der Waals surface area contributed by atoms with Gasteiger partial charge in [-0.05, 0) is 52.2 Å². The Bertz CT molecular complexity index is 1740. The standard InChI is InChI=1S/C30H19F3O5/c1-36-20-12-9-18(10-13-20)11-16-26(34)37-21-14-15-24-25(17-21)38-29(30(31,32)33)27(28(24)35)23-8-4-6-19-5-2-3-7-22(19)23/h2-17H,1H3. The first kappa shape index (κ1) is 24.8. The summed E-state index contributed by atoms with van der Waals surface area (Å²) in [5.41, 5.74) is -0.940. The van der Waals surface area contributed by atoms with Gasteiger partial charge in [0.15, 0.2) is 0 Å². The Kier molecular flexibility index (Phi) is 6.46. The van der Waals surface area contributed by atoms with Crippen molar-refractivity contribution in [1.82, 2.24) is 0 Å².